The highest BCUT2D eigenvalue weighted by Gasteiger charge is 2.14. The number of urea groups is 1. The Kier molecular flexibility index (Phi) is 5.17. The van der Waals surface area contributed by atoms with Gasteiger partial charge in [-0.3, -0.25) is 4.79 Å². The van der Waals surface area contributed by atoms with Crippen LogP contribution in [-0.4, -0.2) is 49.2 Å². The molecular weight excluding hydrogens is 246 g/mol. The zero-order valence-electron chi connectivity index (χ0n) is 11.4. The van der Waals surface area contributed by atoms with Crippen LogP contribution in [0.2, 0.25) is 0 Å². The number of nitrogens with zero attached hydrogens (tertiary/aromatic N) is 2. The molecule has 0 unspecified atom stereocenters. The Morgan fingerprint density at radius 1 is 1.32 bits per heavy atom. The number of likely N-dealkylation sites (N-methyl/N-ethyl adjacent to an activating group) is 1. The minimum atomic E-state index is -1.03. The Hall–Kier alpha value is -2.24. The molecule has 1 rings (SSSR count). The molecule has 2 N–H and O–H groups in total. The van der Waals surface area contributed by atoms with Crippen LogP contribution in [0, 0.1) is 0 Å². The lowest BCUT2D eigenvalue weighted by Crippen LogP contribution is -2.38. The summed E-state index contributed by atoms with van der Waals surface area (Å²) < 4.78 is 0. The standard InChI is InChI=1S/C13H19N3O3/c1-4-16(9-12(17)18)13(19)14-10-6-5-7-11(8-10)15(2)3/h5-8H,4,9H2,1-3H3,(H,14,19)(H,17,18). The number of carbonyl (C=O) groups excluding carboxylic acids is 1. The summed E-state index contributed by atoms with van der Waals surface area (Å²) in [5.41, 5.74) is 1.60. The fourth-order valence-electron chi connectivity index (χ4n) is 1.55. The molecule has 0 fully saturated rings. The maximum atomic E-state index is 11.9. The minimum absolute atomic E-state index is 0.310. The van der Waals surface area contributed by atoms with E-state index < -0.39 is 12.0 Å². The average molecular weight is 265 g/mol. The molecule has 0 radical (unpaired) electrons. The third-order valence-corrected chi connectivity index (χ3v) is 2.61. The first-order chi connectivity index (χ1) is 8.93. The predicted molar refractivity (Wildman–Crippen MR) is 74.7 cm³/mol. The Morgan fingerprint density at radius 3 is 2.53 bits per heavy atom. The van der Waals surface area contributed by atoms with E-state index in [4.69, 9.17) is 5.11 Å². The average Bonchev–Trinajstić information content (AvgIpc) is 2.35. The smallest absolute Gasteiger partial charge is 0.323 e. The van der Waals surface area contributed by atoms with Crippen LogP contribution in [0.5, 0.6) is 0 Å². The first-order valence-electron chi connectivity index (χ1n) is 5.99. The van der Waals surface area contributed by atoms with Crippen molar-refractivity contribution < 1.29 is 14.7 Å². The second kappa shape index (κ2) is 6.63. The first-order valence-corrected chi connectivity index (χ1v) is 5.99. The number of rotatable bonds is 5. The van der Waals surface area contributed by atoms with Crippen molar-refractivity contribution in [2.24, 2.45) is 0 Å². The number of carboxylic acid groups (broad SMARTS) is 1. The van der Waals surface area contributed by atoms with Gasteiger partial charge in [0.15, 0.2) is 0 Å². The van der Waals surface area contributed by atoms with E-state index in [0.29, 0.717) is 12.2 Å². The van der Waals surface area contributed by atoms with E-state index in [1.165, 1.54) is 4.90 Å². The summed E-state index contributed by atoms with van der Waals surface area (Å²) in [5, 5.41) is 11.4. The molecule has 0 spiro atoms. The zero-order valence-corrected chi connectivity index (χ0v) is 11.4. The monoisotopic (exact) mass is 265 g/mol. The number of aliphatic carboxylic acids is 1. The molecule has 0 aliphatic rings. The molecule has 6 nitrogen and oxygen atoms in total. The van der Waals surface area contributed by atoms with Crippen LogP contribution in [0.15, 0.2) is 24.3 Å². The highest BCUT2D eigenvalue weighted by molar-refractivity contribution is 5.91. The molecule has 1 aromatic rings. The normalized spacial score (nSPS) is 9.84. The van der Waals surface area contributed by atoms with Gasteiger partial charge in [-0.2, -0.15) is 0 Å². The summed E-state index contributed by atoms with van der Waals surface area (Å²) in [6.45, 7) is 1.76. The van der Waals surface area contributed by atoms with Crippen molar-refractivity contribution in [1.82, 2.24) is 4.90 Å². The van der Waals surface area contributed by atoms with Crippen LogP contribution in [0.1, 0.15) is 6.92 Å². The molecule has 2 amide bonds. The molecule has 6 heteroatoms. The highest BCUT2D eigenvalue weighted by Crippen LogP contribution is 2.17. The molecule has 1 aromatic carbocycles. The summed E-state index contributed by atoms with van der Waals surface area (Å²) in [6.07, 6.45) is 0. The van der Waals surface area contributed by atoms with Crippen LogP contribution < -0.4 is 10.2 Å². The lowest BCUT2D eigenvalue weighted by atomic mass is 10.2. The fourth-order valence-corrected chi connectivity index (χ4v) is 1.55. The number of amides is 2. The second-order valence-electron chi connectivity index (χ2n) is 4.28. The van der Waals surface area contributed by atoms with E-state index in [2.05, 4.69) is 5.32 Å². The summed E-state index contributed by atoms with van der Waals surface area (Å²) in [7, 11) is 3.81. The van der Waals surface area contributed by atoms with E-state index in [1.807, 2.05) is 37.2 Å². The maximum absolute atomic E-state index is 11.9. The maximum Gasteiger partial charge on any atom is 0.323 e. The van der Waals surface area contributed by atoms with Gasteiger partial charge in [-0.1, -0.05) is 6.07 Å². The van der Waals surface area contributed by atoms with Crippen molar-refractivity contribution in [1.29, 1.82) is 0 Å². The van der Waals surface area contributed by atoms with Crippen LogP contribution in [-0.2, 0) is 4.79 Å². The van der Waals surface area contributed by atoms with E-state index in [1.54, 1.807) is 13.0 Å². The van der Waals surface area contributed by atoms with Crippen LogP contribution in [0.4, 0.5) is 16.2 Å². The molecule has 0 bridgehead atoms. The number of hydrogen-bond donors (Lipinski definition) is 2. The molecule has 0 aromatic heterocycles. The topological polar surface area (TPSA) is 72.9 Å². The van der Waals surface area contributed by atoms with Crippen molar-refractivity contribution in [2.45, 2.75) is 6.92 Å². The van der Waals surface area contributed by atoms with E-state index in [-0.39, 0.29) is 6.54 Å². The minimum Gasteiger partial charge on any atom is -0.480 e. The summed E-state index contributed by atoms with van der Waals surface area (Å²) >= 11 is 0. The van der Waals surface area contributed by atoms with Gasteiger partial charge in [-0.15, -0.1) is 0 Å². The lowest BCUT2D eigenvalue weighted by molar-refractivity contribution is -0.137. The molecule has 0 saturated heterocycles. The van der Waals surface area contributed by atoms with Gasteiger partial charge < -0.3 is 20.2 Å². The van der Waals surface area contributed by atoms with Gasteiger partial charge in [0.25, 0.3) is 0 Å². The van der Waals surface area contributed by atoms with Gasteiger partial charge in [-0.05, 0) is 25.1 Å². The SMILES string of the molecule is CCN(CC(=O)O)C(=O)Nc1cccc(N(C)C)c1. The second-order valence-corrected chi connectivity index (χ2v) is 4.28. The quantitative estimate of drug-likeness (QED) is 0.849. The number of carboxylic acids is 1. The van der Waals surface area contributed by atoms with Crippen LogP contribution >= 0.6 is 0 Å². The Balaban J connectivity index is 2.75. The van der Waals surface area contributed by atoms with E-state index >= 15 is 0 Å². The van der Waals surface area contributed by atoms with Gasteiger partial charge in [0.2, 0.25) is 0 Å². The number of hydrogen-bond acceptors (Lipinski definition) is 3. The number of carbonyl (C=O) groups is 2. The number of nitrogens with one attached hydrogen (secondary N) is 1. The Labute approximate surface area is 112 Å². The molecular formula is C13H19N3O3. The lowest BCUT2D eigenvalue weighted by Gasteiger charge is -2.20. The van der Waals surface area contributed by atoms with E-state index in [9.17, 15) is 9.59 Å². The van der Waals surface area contributed by atoms with E-state index in [0.717, 1.165) is 5.69 Å². The van der Waals surface area contributed by atoms with Gasteiger partial charge >= 0.3 is 12.0 Å². The fraction of sp³-hybridized carbons (Fsp3) is 0.385. The van der Waals surface area contributed by atoms with Gasteiger partial charge in [-0.25, -0.2) is 4.79 Å². The zero-order chi connectivity index (χ0) is 14.4. The Bertz CT molecular complexity index is 460. The third-order valence-electron chi connectivity index (χ3n) is 2.61. The van der Waals surface area contributed by atoms with Crippen molar-refractivity contribution in [2.75, 3.05) is 37.4 Å². The van der Waals surface area contributed by atoms with Crippen molar-refractivity contribution in [3.05, 3.63) is 24.3 Å². The summed E-state index contributed by atoms with van der Waals surface area (Å²) in [4.78, 5) is 25.7. The Morgan fingerprint density at radius 2 is 2.00 bits per heavy atom. The van der Waals surface area contributed by atoms with Crippen molar-refractivity contribution in [3.63, 3.8) is 0 Å². The molecule has 0 atom stereocenters. The summed E-state index contributed by atoms with van der Waals surface area (Å²) in [6, 6.07) is 6.93. The number of anilines is 2. The molecule has 0 aliphatic heterocycles. The van der Waals surface area contributed by atoms with Gasteiger partial charge in [0.1, 0.15) is 6.54 Å². The van der Waals surface area contributed by atoms with Crippen molar-refractivity contribution in [3.8, 4) is 0 Å². The van der Waals surface area contributed by atoms with Crippen LogP contribution in [0.3, 0.4) is 0 Å². The molecule has 0 aliphatic carbocycles. The van der Waals surface area contributed by atoms with Gasteiger partial charge in [0, 0.05) is 32.0 Å². The van der Waals surface area contributed by atoms with Gasteiger partial charge in [0.05, 0.1) is 0 Å². The molecule has 19 heavy (non-hydrogen) atoms. The summed E-state index contributed by atoms with van der Waals surface area (Å²) in [5.74, 6) is -1.03. The molecule has 0 heterocycles. The van der Waals surface area contributed by atoms with Crippen LogP contribution in [0.25, 0.3) is 0 Å². The molecule has 0 saturated carbocycles. The molecule has 104 valence electrons. The largest absolute Gasteiger partial charge is 0.480 e. The third kappa shape index (κ3) is 4.50. The number of benzene rings is 1. The predicted octanol–water partition coefficient (Wildman–Crippen LogP) is 1.69. The first kappa shape index (κ1) is 14.8. The highest BCUT2D eigenvalue weighted by atomic mass is 16.4. The van der Waals surface area contributed by atoms with Crippen molar-refractivity contribution >= 4 is 23.4 Å².